The van der Waals surface area contributed by atoms with E-state index >= 15 is 0 Å². The number of carbonyl (C=O) groups excluding carboxylic acids is 2. The zero-order valence-electron chi connectivity index (χ0n) is 19.9. The van der Waals surface area contributed by atoms with E-state index in [1.165, 1.54) is 24.3 Å². The number of rotatable bonds is 9. The highest BCUT2D eigenvalue weighted by molar-refractivity contribution is 9.10. The van der Waals surface area contributed by atoms with Crippen molar-refractivity contribution in [3.63, 3.8) is 0 Å². The normalized spacial score (nSPS) is 10.8. The zero-order chi connectivity index (χ0) is 27.1. The molecule has 2 amide bonds. The van der Waals surface area contributed by atoms with Crippen LogP contribution in [0.25, 0.3) is 0 Å². The van der Waals surface area contributed by atoms with E-state index in [1.54, 1.807) is 60.7 Å². The number of hydrazone groups is 1. The van der Waals surface area contributed by atoms with E-state index in [4.69, 9.17) is 4.74 Å². The molecule has 1 aromatic heterocycles. The highest BCUT2D eigenvalue weighted by Gasteiger charge is 2.16. The van der Waals surface area contributed by atoms with Gasteiger partial charge < -0.3 is 20.2 Å². The predicted octanol–water partition coefficient (Wildman–Crippen LogP) is 4.02. The zero-order valence-corrected chi connectivity index (χ0v) is 21.5. The van der Waals surface area contributed by atoms with Crippen molar-refractivity contribution in [2.24, 2.45) is 5.10 Å². The van der Waals surface area contributed by atoms with Crippen LogP contribution in [-0.2, 0) is 6.54 Å². The molecule has 2 N–H and O–H groups in total. The number of halogens is 1. The van der Waals surface area contributed by atoms with Gasteiger partial charge >= 0.3 is 5.95 Å². The number of benzene rings is 3. The van der Waals surface area contributed by atoms with Crippen molar-refractivity contribution < 1.29 is 19.2 Å². The minimum atomic E-state index is -0.677. The van der Waals surface area contributed by atoms with Crippen molar-refractivity contribution in [1.82, 2.24) is 20.2 Å². The van der Waals surface area contributed by atoms with Gasteiger partial charge in [-0.05, 0) is 59.0 Å². The Labute approximate surface area is 224 Å². The molecule has 0 saturated carbocycles. The lowest BCUT2D eigenvalue weighted by Crippen LogP contribution is -2.21. The van der Waals surface area contributed by atoms with Crippen LogP contribution in [0.5, 0.6) is 5.75 Å². The summed E-state index contributed by atoms with van der Waals surface area (Å²) < 4.78 is 7.44. The minimum absolute atomic E-state index is 0.170. The lowest BCUT2D eigenvalue weighted by Gasteiger charge is -2.10. The first-order valence-electron chi connectivity index (χ1n) is 11.0. The second-order valence-electron chi connectivity index (χ2n) is 7.78. The Hall–Kier alpha value is -4.91. The number of methoxy groups -OCH3 is 1. The van der Waals surface area contributed by atoms with E-state index in [-0.39, 0.29) is 18.0 Å². The Morgan fingerprint density at radius 3 is 2.68 bits per heavy atom. The van der Waals surface area contributed by atoms with E-state index in [1.807, 2.05) is 6.07 Å². The summed E-state index contributed by atoms with van der Waals surface area (Å²) in [6.45, 7) is 0.170. The van der Waals surface area contributed by atoms with Crippen molar-refractivity contribution in [3.8, 4) is 5.75 Å². The Kier molecular flexibility index (Phi) is 8.18. The van der Waals surface area contributed by atoms with Gasteiger partial charge in [-0.2, -0.15) is 9.78 Å². The maximum absolute atomic E-state index is 12.8. The molecule has 0 aliphatic rings. The van der Waals surface area contributed by atoms with Gasteiger partial charge in [-0.3, -0.25) is 9.59 Å². The first kappa shape index (κ1) is 26.2. The smallest absolute Gasteiger partial charge is 0.490 e. The van der Waals surface area contributed by atoms with E-state index in [0.717, 1.165) is 4.47 Å². The first-order valence-corrected chi connectivity index (χ1v) is 11.8. The molecule has 4 aromatic rings. The summed E-state index contributed by atoms with van der Waals surface area (Å²) in [5, 5.41) is 21.4. The van der Waals surface area contributed by atoms with Gasteiger partial charge in [0.15, 0.2) is 0 Å². The number of para-hydroxylation sites is 1. The fourth-order valence-electron chi connectivity index (χ4n) is 3.46. The number of ether oxygens (including phenoxy) is 1. The van der Waals surface area contributed by atoms with Crippen LogP contribution in [0.1, 0.15) is 31.8 Å². The van der Waals surface area contributed by atoms with Crippen molar-refractivity contribution in [3.05, 3.63) is 110 Å². The molecule has 3 aromatic carbocycles. The fraction of sp³-hybridized carbons (Fsp3) is 0.0800. The van der Waals surface area contributed by atoms with Crippen LogP contribution >= 0.6 is 15.9 Å². The number of carbonyl (C=O) groups is 2. The van der Waals surface area contributed by atoms with Crippen LogP contribution in [0, 0.1) is 10.1 Å². The lowest BCUT2D eigenvalue weighted by atomic mass is 10.1. The molecule has 0 atom stereocenters. The third kappa shape index (κ3) is 6.44. The molecule has 38 heavy (non-hydrogen) atoms. The number of anilines is 1. The topological polar surface area (TPSA) is 154 Å². The molecular weight excluding hydrogens is 558 g/mol. The highest BCUT2D eigenvalue weighted by atomic mass is 79.9. The SMILES string of the molecule is COc1ccc(/C=N\NC(=O)c2ccccc2NC(=O)c2cccc(Br)c2)cc1Cn1cnc([N+](=O)[O-])n1. The largest absolute Gasteiger partial charge is 0.496 e. The first-order chi connectivity index (χ1) is 18.3. The molecule has 12 nitrogen and oxygen atoms in total. The van der Waals surface area contributed by atoms with Gasteiger partial charge in [0.2, 0.25) is 6.33 Å². The molecule has 192 valence electrons. The highest BCUT2D eigenvalue weighted by Crippen LogP contribution is 2.21. The number of nitrogens with zero attached hydrogens (tertiary/aromatic N) is 5. The number of nitro groups is 1. The standard InChI is InChI=1S/C25H20BrN7O5/c1-38-22-10-9-16(11-18(22)14-32-15-27-25(31-32)33(36)37)13-28-30-24(35)20-7-2-3-8-21(20)29-23(34)17-5-4-6-19(26)12-17/h2-13,15H,14H2,1H3,(H,29,34)(H,30,35)/b28-13-. The molecule has 0 radical (unpaired) electrons. The van der Waals surface area contributed by atoms with Gasteiger partial charge in [-0.25, -0.2) is 5.43 Å². The Balaban J connectivity index is 1.45. The second kappa shape index (κ2) is 11.9. The lowest BCUT2D eigenvalue weighted by molar-refractivity contribution is -0.394. The fourth-order valence-corrected chi connectivity index (χ4v) is 3.86. The Bertz CT molecular complexity index is 1540. The van der Waals surface area contributed by atoms with Crippen molar-refractivity contribution in [2.75, 3.05) is 12.4 Å². The number of hydrogen-bond donors (Lipinski definition) is 2. The molecule has 0 aliphatic heterocycles. The van der Waals surface area contributed by atoms with Gasteiger partial charge in [0.05, 0.1) is 31.1 Å². The van der Waals surface area contributed by atoms with Gasteiger partial charge in [-0.1, -0.05) is 39.1 Å². The van der Waals surface area contributed by atoms with E-state index < -0.39 is 16.8 Å². The summed E-state index contributed by atoms with van der Waals surface area (Å²) in [7, 11) is 1.50. The van der Waals surface area contributed by atoms with Crippen molar-refractivity contribution >= 4 is 45.6 Å². The quantitative estimate of drug-likeness (QED) is 0.173. The average Bonchev–Trinajstić information content (AvgIpc) is 3.38. The van der Waals surface area contributed by atoms with E-state index in [9.17, 15) is 19.7 Å². The molecule has 1 heterocycles. The van der Waals surface area contributed by atoms with Gasteiger partial charge in [-0.15, -0.1) is 0 Å². The molecule has 0 spiro atoms. The summed E-state index contributed by atoms with van der Waals surface area (Å²) in [5.41, 5.74) is 4.76. The maximum atomic E-state index is 12.8. The van der Waals surface area contributed by atoms with Crippen LogP contribution in [0.15, 0.2) is 82.6 Å². The molecular formula is C25H20BrN7O5. The number of amides is 2. The molecule has 0 unspecified atom stereocenters. The van der Waals surface area contributed by atoms with Crippen molar-refractivity contribution in [2.45, 2.75) is 6.54 Å². The van der Waals surface area contributed by atoms with Gasteiger partial charge in [0, 0.05) is 20.7 Å². The Morgan fingerprint density at radius 1 is 1.13 bits per heavy atom. The third-order valence-corrected chi connectivity index (χ3v) is 5.70. The summed E-state index contributed by atoms with van der Waals surface area (Å²) in [5.74, 6) is -0.842. The maximum Gasteiger partial charge on any atom is 0.490 e. The molecule has 0 saturated heterocycles. The van der Waals surface area contributed by atoms with Crippen LogP contribution < -0.4 is 15.5 Å². The van der Waals surface area contributed by atoms with Gasteiger partial charge in [0.1, 0.15) is 5.75 Å². The third-order valence-electron chi connectivity index (χ3n) is 5.21. The predicted molar refractivity (Wildman–Crippen MR) is 142 cm³/mol. The second-order valence-corrected chi connectivity index (χ2v) is 8.70. The Morgan fingerprint density at radius 2 is 1.95 bits per heavy atom. The van der Waals surface area contributed by atoms with E-state index in [2.05, 4.69) is 41.9 Å². The van der Waals surface area contributed by atoms with Crippen LogP contribution in [0.2, 0.25) is 0 Å². The summed E-state index contributed by atoms with van der Waals surface area (Å²) in [4.78, 5) is 39.3. The average molecular weight is 578 g/mol. The number of hydrogen-bond acceptors (Lipinski definition) is 8. The van der Waals surface area contributed by atoms with Crippen LogP contribution in [0.4, 0.5) is 11.6 Å². The van der Waals surface area contributed by atoms with E-state index in [0.29, 0.717) is 28.1 Å². The number of aromatic nitrogens is 3. The molecule has 13 heteroatoms. The summed E-state index contributed by atoms with van der Waals surface area (Å²) >= 11 is 3.34. The van der Waals surface area contributed by atoms with Gasteiger partial charge in [0.25, 0.3) is 11.8 Å². The van der Waals surface area contributed by atoms with Crippen LogP contribution in [0.3, 0.4) is 0 Å². The molecule has 0 bridgehead atoms. The van der Waals surface area contributed by atoms with Crippen molar-refractivity contribution in [1.29, 1.82) is 0 Å². The number of nitrogens with one attached hydrogen (secondary N) is 2. The molecule has 0 aliphatic carbocycles. The summed E-state index contributed by atoms with van der Waals surface area (Å²) in [6, 6.07) is 18.7. The monoisotopic (exact) mass is 577 g/mol. The molecule has 4 rings (SSSR count). The summed E-state index contributed by atoms with van der Waals surface area (Å²) in [6.07, 6.45) is 2.69. The minimum Gasteiger partial charge on any atom is -0.496 e. The molecule has 0 fully saturated rings. The van der Waals surface area contributed by atoms with Crippen LogP contribution in [-0.4, -0.2) is 44.8 Å².